The highest BCUT2D eigenvalue weighted by atomic mass is 16.5. The third-order valence-electron chi connectivity index (χ3n) is 5.42. The van der Waals surface area contributed by atoms with Gasteiger partial charge < -0.3 is 14.3 Å². The molecule has 0 aromatic heterocycles. The van der Waals surface area contributed by atoms with Crippen molar-refractivity contribution in [2.75, 3.05) is 20.8 Å². The van der Waals surface area contributed by atoms with Gasteiger partial charge in [-0.2, -0.15) is 0 Å². The molecule has 25 heavy (non-hydrogen) atoms. The standard InChI is InChI=1S/C20H36O5/c1-13(20(23)17(5)16(4)15(3)12-24-6)10-18(25-7)8-9-19(22)14(2)11-21/h11,13-18H,8-10,12H2,1-7H3/t13-,14?,15+,16?,17?,18?/m1/s1. The predicted octanol–water partition coefficient (Wildman–Crippen LogP) is 3.34. The van der Waals surface area contributed by atoms with Gasteiger partial charge in [0.1, 0.15) is 17.9 Å². The second kappa shape index (κ2) is 12.3. The van der Waals surface area contributed by atoms with Crippen LogP contribution in [-0.2, 0) is 23.9 Å². The monoisotopic (exact) mass is 356 g/mol. The van der Waals surface area contributed by atoms with Crippen LogP contribution in [0.5, 0.6) is 0 Å². The van der Waals surface area contributed by atoms with Gasteiger partial charge in [-0.25, -0.2) is 0 Å². The lowest BCUT2D eigenvalue weighted by Crippen LogP contribution is -2.31. The van der Waals surface area contributed by atoms with Crippen LogP contribution in [0.3, 0.4) is 0 Å². The summed E-state index contributed by atoms with van der Waals surface area (Å²) in [5, 5.41) is 0. The molecule has 6 atom stereocenters. The molecular weight excluding hydrogens is 320 g/mol. The van der Waals surface area contributed by atoms with E-state index in [1.807, 2.05) is 13.8 Å². The largest absolute Gasteiger partial charge is 0.384 e. The Bertz CT molecular complexity index is 420. The topological polar surface area (TPSA) is 69.7 Å². The van der Waals surface area contributed by atoms with Gasteiger partial charge in [0.15, 0.2) is 0 Å². The normalized spacial score (nSPS) is 18.7. The van der Waals surface area contributed by atoms with Gasteiger partial charge in [0, 0.05) is 39.1 Å². The molecule has 0 bridgehead atoms. The fourth-order valence-electron chi connectivity index (χ4n) is 3.06. The van der Waals surface area contributed by atoms with Gasteiger partial charge in [0.2, 0.25) is 0 Å². The van der Waals surface area contributed by atoms with E-state index in [0.717, 1.165) is 0 Å². The van der Waals surface area contributed by atoms with Crippen molar-refractivity contribution in [3.8, 4) is 0 Å². The van der Waals surface area contributed by atoms with E-state index in [1.165, 1.54) is 0 Å². The van der Waals surface area contributed by atoms with Gasteiger partial charge in [0.05, 0.1) is 12.0 Å². The molecule has 5 nitrogen and oxygen atoms in total. The SMILES string of the molecule is COC[C@H](C)C(C)C(C)C(=O)[C@H](C)CC(CCC(=O)C(C)C=O)OC. The number of hydrogen-bond donors (Lipinski definition) is 0. The van der Waals surface area contributed by atoms with E-state index in [1.54, 1.807) is 21.1 Å². The minimum Gasteiger partial charge on any atom is -0.384 e. The first-order valence-electron chi connectivity index (χ1n) is 9.22. The second-order valence-corrected chi connectivity index (χ2v) is 7.41. The minimum absolute atomic E-state index is 0.0469. The molecule has 4 unspecified atom stereocenters. The van der Waals surface area contributed by atoms with Crippen LogP contribution >= 0.6 is 0 Å². The summed E-state index contributed by atoms with van der Waals surface area (Å²) >= 11 is 0. The van der Waals surface area contributed by atoms with Crippen LogP contribution in [0.1, 0.15) is 53.9 Å². The molecule has 0 saturated heterocycles. The molecule has 0 aliphatic rings. The highest BCUT2D eigenvalue weighted by Crippen LogP contribution is 2.26. The molecule has 0 saturated carbocycles. The van der Waals surface area contributed by atoms with Gasteiger partial charge >= 0.3 is 0 Å². The zero-order chi connectivity index (χ0) is 19.6. The van der Waals surface area contributed by atoms with Gasteiger partial charge in [-0.1, -0.05) is 27.7 Å². The first kappa shape index (κ1) is 23.9. The smallest absolute Gasteiger partial charge is 0.142 e. The second-order valence-electron chi connectivity index (χ2n) is 7.41. The number of ketones is 2. The highest BCUT2D eigenvalue weighted by Gasteiger charge is 2.29. The van der Waals surface area contributed by atoms with Crippen molar-refractivity contribution in [1.82, 2.24) is 0 Å². The van der Waals surface area contributed by atoms with Crippen LogP contribution < -0.4 is 0 Å². The molecule has 0 spiro atoms. The molecule has 146 valence electrons. The summed E-state index contributed by atoms with van der Waals surface area (Å²) < 4.78 is 10.6. The summed E-state index contributed by atoms with van der Waals surface area (Å²) in [6, 6.07) is 0. The molecule has 0 radical (unpaired) electrons. The Labute approximate surface area is 152 Å². The summed E-state index contributed by atoms with van der Waals surface area (Å²) in [6.07, 6.45) is 1.94. The molecular formula is C20H36O5. The van der Waals surface area contributed by atoms with Crippen molar-refractivity contribution < 1.29 is 23.9 Å². The van der Waals surface area contributed by atoms with Gasteiger partial charge in [0.25, 0.3) is 0 Å². The lowest BCUT2D eigenvalue weighted by atomic mass is 9.78. The Balaban J connectivity index is 4.60. The summed E-state index contributed by atoms with van der Waals surface area (Å²) in [4.78, 5) is 35.2. The van der Waals surface area contributed by atoms with Crippen molar-refractivity contribution in [2.45, 2.75) is 60.0 Å². The quantitative estimate of drug-likeness (QED) is 0.353. The number of ether oxygens (including phenoxy) is 2. The molecule has 0 aromatic carbocycles. The van der Waals surface area contributed by atoms with Crippen molar-refractivity contribution in [2.24, 2.45) is 29.6 Å². The van der Waals surface area contributed by atoms with Crippen LogP contribution in [0, 0.1) is 29.6 Å². The molecule has 0 amide bonds. The number of rotatable bonds is 14. The third kappa shape index (κ3) is 8.23. The average molecular weight is 357 g/mol. The van der Waals surface area contributed by atoms with Crippen molar-refractivity contribution in [3.63, 3.8) is 0 Å². The van der Waals surface area contributed by atoms with E-state index in [0.29, 0.717) is 38.1 Å². The van der Waals surface area contributed by atoms with Crippen LogP contribution in [0.15, 0.2) is 0 Å². The fourth-order valence-corrected chi connectivity index (χ4v) is 3.06. The Morgan fingerprint density at radius 1 is 1.04 bits per heavy atom. The van der Waals surface area contributed by atoms with Crippen LogP contribution in [0.2, 0.25) is 0 Å². The molecule has 0 rings (SSSR count). The molecule has 0 N–H and O–H groups in total. The average Bonchev–Trinajstić information content (AvgIpc) is 2.61. The molecule has 0 aliphatic heterocycles. The maximum atomic E-state index is 12.7. The number of carbonyl (C=O) groups is 3. The first-order valence-corrected chi connectivity index (χ1v) is 9.22. The van der Waals surface area contributed by atoms with Crippen molar-refractivity contribution >= 4 is 17.9 Å². The lowest BCUT2D eigenvalue weighted by molar-refractivity contribution is -0.129. The zero-order valence-corrected chi connectivity index (χ0v) is 16.9. The van der Waals surface area contributed by atoms with E-state index < -0.39 is 5.92 Å². The van der Waals surface area contributed by atoms with E-state index >= 15 is 0 Å². The number of Topliss-reactive ketones (excluding diaryl/α,β-unsaturated/α-hetero) is 2. The number of hydrogen-bond acceptors (Lipinski definition) is 5. The summed E-state index contributed by atoms with van der Waals surface area (Å²) in [5.41, 5.74) is 0. The Morgan fingerprint density at radius 2 is 1.64 bits per heavy atom. The van der Waals surface area contributed by atoms with E-state index in [4.69, 9.17) is 9.47 Å². The molecule has 0 fully saturated rings. The van der Waals surface area contributed by atoms with Crippen LogP contribution in [0.25, 0.3) is 0 Å². The Hall–Kier alpha value is -1.07. The number of methoxy groups -OCH3 is 2. The van der Waals surface area contributed by atoms with Crippen molar-refractivity contribution in [1.29, 1.82) is 0 Å². The Kier molecular flexibility index (Phi) is 11.8. The predicted molar refractivity (Wildman–Crippen MR) is 98.4 cm³/mol. The van der Waals surface area contributed by atoms with E-state index in [2.05, 4.69) is 13.8 Å². The zero-order valence-electron chi connectivity index (χ0n) is 16.9. The Morgan fingerprint density at radius 3 is 2.12 bits per heavy atom. The van der Waals surface area contributed by atoms with E-state index in [-0.39, 0.29) is 35.4 Å². The number of carbonyl (C=O) groups excluding carboxylic acids is 3. The maximum absolute atomic E-state index is 12.7. The molecule has 0 aromatic rings. The molecule has 5 heteroatoms. The number of aldehydes is 1. The van der Waals surface area contributed by atoms with Gasteiger partial charge in [-0.15, -0.1) is 0 Å². The van der Waals surface area contributed by atoms with Gasteiger partial charge in [-0.05, 0) is 31.6 Å². The summed E-state index contributed by atoms with van der Waals surface area (Å²) in [6.45, 7) is 10.3. The molecule has 0 heterocycles. The third-order valence-corrected chi connectivity index (χ3v) is 5.42. The van der Waals surface area contributed by atoms with Crippen LogP contribution in [-0.4, -0.2) is 44.8 Å². The summed E-state index contributed by atoms with van der Waals surface area (Å²) in [7, 11) is 3.27. The maximum Gasteiger partial charge on any atom is 0.142 e. The lowest BCUT2D eigenvalue weighted by Gasteiger charge is -2.28. The minimum atomic E-state index is -0.570. The summed E-state index contributed by atoms with van der Waals surface area (Å²) in [5.74, 6) is -0.0379. The fraction of sp³-hybridized carbons (Fsp3) is 0.850. The highest BCUT2D eigenvalue weighted by molar-refractivity contribution is 5.92. The van der Waals surface area contributed by atoms with Crippen molar-refractivity contribution in [3.05, 3.63) is 0 Å². The van der Waals surface area contributed by atoms with Crippen LogP contribution in [0.4, 0.5) is 0 Å². The molecule has 0 aliphatic carbocycles. The van der Waals surface area contributed by atoms with Gasteiger partial charge in [-0.3, -0.25) is 9.59 Å². The van der Waals surface area contributed by atoms with E-state index in [9.17, 15) is 14.4 Å². The first-order chi connectivity index (χ1) is 11.7.